The van der Waals surface area contributed by atoms with Crippen LogP contribution in [0.4, 0.5) is 4.79 Å². The molecule has 2 aromatic rings. The first-order valence-corrected chi connectivity index (χ1v) is 13.8. The van der Waals surface area contributed by atoms with Gasteiger partial charge in [0.15, 0.2) is 11.5 Å². The van der Waals surface area contributed by atoms with E-state index in [2.05, 4.69) is 10.2 Å². The van der Waals surface area contributed by atoms with Crippen LogP contribution in [0.3, 0.4) is 0 Å². The molecule has 3 amide bonds. The number of nitrogens with zero attached hydrogens (tertiary/aromatic N) is 3. The van der Waals surface area contributed by atoms with Gasteiger partial charge < -0.3 is 24.4 Å². The molecule has 0 aromatic heterocycles. The maximum atomic E-state index is 13.4. The summed E-state index contributed by atoms with van der Waals surface area (Å²) < 4.78 is 16.3. The number of esters is 1. The Morgan fingerprint density at radius 1 is 1.00 bits per heavy atom. The van der Waals surface area contributed by atoms with Gasteiger partial charge in [0.05, 0.1) is 18.2 Å². The number of hydrogen-bond acceptors (Lipinski definition) is 7. The first kappa shape index (κ1) is 27.5. The quantitative estimate of drug-likeness (QED) is 0.530. The molecule has 1 fully saturated rings. The van der Waals surface area contributed by atoms with Crippen molar-refractivity contribution >= 4 is 17.9 Å². The van der Waals surface area contributed by atoms with Gasteiger partial charge in [-0.05, 0) is 57.0 Å². The molecule has 2 aromatic carbocycles. The van der Waals surface area contributed by atoms with E-state index in [0.29, 0.717) is 67.6 Å². The zero-order chi connectivity index (χ0) is 28.4. The van der Waals surface area contributed by atoms with Crippen LogP contribution in [0.1, 0.15) is 46.9 Å². The fourth-order valence-corrected chi connectivity index (χ4v) is 5.49. The van der Waals surface area contributed by atoms with Crippen LogP contribution in [0.25, 0.3) is 0 Å². The highest BCUT2D eigenvalue weighted by molar-refractivity contribution is 5.96. The van der Waals surface area contributed by atoms with Gasteiger partial charge in [-0.3, -0.25) is 14.6 Å². The molecular formula is C30H36N4O6. The van der Waals surface area contributed by atoms with Crippen molar-refractivity contribution in [3.8, 4) is 11.5 Å². The maximum Gasteiger partial charge on any atom is 0.338 e. The Balaban J connectivity index is 1.39. The number of carbonyl (C=O) groups is 3. The van der Waals surface area contributed by atoms with Gasteiger partial charge in [-0.25, -0.2) is 9.59 Å². The Morgan fingerprint density at radius 3 is 2.48 bits per heavy atom. The van der Waals surface area contributed by atoms with Crippen LogP contribution in [0.15, 0.2) is 47.7 Å². The Kier molecular flexibility index (Phi) is 7.97. The lowest BCUT2D eigenvalue weighted by molar-refractivity contribution is -0.139. The Bertz CT molecular complexity index is 1350. The maximum absolute atomic E-state index is 13.4. The minimum Gasteiger partial charge on any atom is -0.463 e. The third-order valence-electron chi connectivity index (χ3n) is 7.65. The summed E-state index contributed by atoms with van der Waals surface area (Å²) >= 11 is 0. The predicted octanol–water partition coefficient (Wildman–Crippen LogP) is 3.39. The van der Waals surface area contributed by atoms with Gasteiger partial charge in [0, 0.05) is 50.5 Å². The number of ether oxygens (including phenoxy) is 3. The van der Waals surface area contributed by atoms with Crippen LogP contribution < -0.4 is 14.8 Å². The Hall–Kier alpha value is -4.05. The highest BCUT2D eigenvalue weighted by Crippen LogP contribution is 2.35. The second-order valence-corrected chi connectivity index (χ2v) is 10.2. The molecule has 0 radical (unpaired) electrons. The third-order valence-corrected chi connectivity index (χ3v) is 7.65. The summed E-state index contributed by atoms with van der Waals surface area (Å²) in [6.45, 7) is 11.1. The highest BCUT2D eigenvalue weighted by Gasteiger charge is 2.39. The molecule has 3 aliphatic rings. The molecule has 5 rings (SSSR count). The number of benzene rings is 2. The molecule has 10 heteroatoms. The topological polar surface area (TPSA) is 101 Å². The largest absolute Gasteiger partial charge is 0.463 e. The second kappa shape index (κ2) is 11.6. The highest BCUT2D eigenvalue weighted by atomic mass is 16.7. The molecule has 0 unspecified atom stereocenters. The van der Waals surface area contributed by atoms with Crippen LogP contribution >= 0.6 is 0 Å². The molecule has 0 saturated carbocycles. The molecule has 0 aliphatic carbocycles. The number of hydrogen-bond donors (Lipinski definition) is 1. The normalized spacial score (nSPS) is 19.1. The summed E-state index contributed by atoms with van der Waals surface area (Å²) in [6, 6.07) is 10.4. The van der Waals surface area contributed by atoms with E-state index in [9.17, 15) is 14.4 Å². The van der Waals surface area contributed by atoms with Crippen molar-refractivity contribution < 1.29 is 28.6 Å². The van der Waals surface area contributed by atoms with Crippen LogP contribution in [0, 0.1) is 13.8 Å². The van der Waals surface area contributed by atoms with Crippen molar-refractivity contribution in [2.24, 2.45) is 0 Å². The summed E-state index contributed by atoms with van der Waals surface area (Å²) in [5, 5.41) is 3.05. The van der Waals surface area contributed by atoms with Crippen molar-refractivity contribution in [3.05, 3.63) is 69.9 Å². The van der Waals surface area contributed by atoms with Crippen molar-refractivity contribution in [2.75, 3.05) is 52.7 Å². The molecule has 212 valence electrons. The minimum atomic E-state index is -0.613. The lowest BCUT2D eigenvalue weighted by Gasteiger charge is -2.40. The minimum absolute atomic E-state index is 0.0633. The average molecular weight is 549 g/mol. The number of aryl methyl sites for hydroxylation is 2. The number of piperazine rings is 1. The van der Waals surface area contributed by atoms with E-state index in [1.807, 2.05) is 43.9 Å². The predicted molar refractivity (Wildman–Crippen MR) is 148 cm³/mol. The third kappa shape index (κ3) is 5.36. The average Bonchev–Trinajstić information content (AvgIpc) is 3.42. The number of fused-ring (bicyclic) bond motifs is 1. The standard InChI is InChI=1S/C30H36N4O6/c1-5-34-23(26(29(36)38-6-2)27(31-30(34)37)22-15-19(3)7-8-20(22)4)17-32-11-13-33(14-12-32)28(35)21-9-10-24-25(16-21)40-18-39-24/h7-10,15-16,27H,5-6,11-14,17-18H2,1-4H3,(H,31,37)/t27-/m0/s1. The van der Waals surface area contributed by atoms with Crippen molar-refractivity contribution in [1.29, 1.82) is 0 Å². The second-order valence-electron chi connectivity index (χ2n) is 10.2. The fourth-order valence-electron chi connectivity index (χ4n) is 5.49. The van der Waals surface area contributed by atoms with E-state index in [1.165, 1.54) is 0 Å². The van der Waals surface area contributed by atoms with Gasteiger partial charge in [0.2, 0.25) is 6.79 Å². The zero-order valence-corrected chi connectivity index (χ0v) is 23.5. The number of amides is 3. The number of likely N-dealkylation sites (N-methyl/N-ethyl adjacent to an activating group) is 1. The van der Waals surface area contributed by atoms with Gasteiger partial charge in [0.1, 0.15) is 0 Å². The van der Waals surface area contributed by atoms with Gasteiger partial charge >= 0.3 is 12.0 Å². The van der Waals surface area contributed by atoms with Crippen LogP contribution in [-0.2, 0) is 9.53 Å². The van der Waals surface area contributed by atoms with E-state index in [4.69, 9.17) is 14.2 Å². The zero-order valence-electron chi connectivity index (χ0n) is 23.5. The monoisotopic (exact) mass is 548 g/mol. The van der Waals surface area contributed by atoms with Crippen LogP contribution in [0.2, 0.25) is 0 Å². The summed E-state index contributed by atoms with van der Waals surface area (Å²) in [5.41, 5.74) is 4.56. The number of carbonyl (C=O) groups excluding carboxylic acids is 3. The summed E-state index contributed by atoms with van der Waals surface area (Å²) in [6.07, 6.45) is 0. The molecule has 3 aliphatic heterocycles. The van der Waals surface area contributed by atoms with E-state index in [1.54, 1.807) is 30.0 Å². The van der Waals surface area contributed by atoms with Gasteiger partial charge in [-0.2, -0.15) is 0 Å². The molecule has 3 heterocycles. The molecular weight excluding hydrogens is 512 g/mol. The summed E-state index contributed by atoms with van der Waals surface area (Å²) in [5.74, 6) is 0.727. The van der Waals surface area contributed by atoms with E-state index >= 15 is 0 Å². The number of urea groups is 1. The molecule has 0 bridgehead atoms. The lowest BCUT2D eigenvalue weighted by Crippen LogP contribution is -2.53. The Morgan fingerprint density at radius 2 is 1.75 bits per heavy atom. The van der Waals surface area contributed by atoms with E-state index in [0.717, 1.165) is 16.7 Å². The number of nitrogens with one attached hydrogen (secondary N) is 1. The number of rotatable bonds is 7. The molecule has 10 nitrogen and oxygen atoms in total. The molecule has 1 saturated heterocycles. The summed E-state index contributed by atoms with van der Waals surface area (Å²) in [4.78, 5) is 45.5. The SMILES string of the molecule is CCOC(=O)C1=C(CN2CCN(C(=O)c3ccc4c(c3)OCO4)CC2)N(CC)C(=O)N[C@H]1c1cc(C)ccc1C. The molecule has 40 heavy (non-hydrogen) atoms. The van der Waals surface area contributed by atoms with Gasteiger partial charge in [0.25, 0.3) is 5.91 Å². The first-order chi connectivity index (χ1) is 19.3. The van der Waals surface area contributed by atoms with Gasteiger partial charge in [-0.15, -0.1) is 0 Å². The van der Waals surface area contributed by atoms with Crippen molar-refractivity contribution in [2.45, 2.75) is 33.7 Å². The van der Waals surface area contributed by atoms with E-state index < -0.39 is 12.0 Å². The van der Waals surface area contributed by atoms with Gasteiger partial charge in [-0.1, -0.05) is 23.8 Å². The van der Waals surface area contributed by atoms with Crippen LogP contribution in [-0.4, -0.2) is 85.3 Å². The molecule has 0 spiro atoms. The van der Waals surface area contributed by atoms with Crippen molar-refractivity contribution in [3.63, 3.8) is 0 Å². The molecule has 1 N–H and O–H groups in total. The summed E-state index contributed by atoms with van der Waals surface area (Å²) in [7, 11) is 0. The smallest absolute Gasteiger partial charge is 0.338 e. The van der Waals surface area contributed by atoms with E-state index in [-0.39, 0.29) is 25.3 Å². The lowest BCUT2D eigenvalue weighted by atomic mass is 9.90. The Labute approximate surface area is 234 Å². The fraction of sp³-hybridized carbons (Fsp3) is 0.433. The molecule has 1 atom stereocenters. The first-order valence-electron chi connectivity index (χ1n) is 13.8. The van der Waals surface area contributed by atoms with Crippen LogP contribution in [0.5, 0.6) is 11.5 Å². The van der Waals surface area contributed by atoms with Crippen molar-refractivity contribution in [1.82, 2.24) is 20.0 Å².